The van der Waals surface area contributed by atoms with Crippen molar-refractivity contribution in [1.29, 1.82) is 5.26 Å². The molecule has 0 amide bonds. The summed E-state index contributed by atoms with van der Waals surface area (Å²) in [6.45, 7) is 6.23. The van der Waals surface area contributed by atoms with E-state index >= 15 is 0 Å². The molecular formula is C15H21FN2O. The molecule has 0 saturated carbocycles. The Labute approximate surface area is 114 Å². The van der Waals surface area contributed by atoms with Gasteiger partial charge in [-0.3, -0.25) is 4.90 Å². The van der Waals surface area contributed by atoms with Crippen LogP contribution < -0.4 is 4.74 Å². The van der Waals surface area contributed by atoms with E-state index in [9.17, 15) is 4.39 Å². The highest BCUT2D eigenvalue weighted by Crippen LogP contribution is 2.21. The third-order valence-corrected chi connectivity index (χ3v) is 2.82. The molecule has 0 unspecified atom stereocenters. The average molecular weight is 264 g/mol. The molecule has 0 N–H and O–H groups in total. The Morgan fingerprint density at radius 1 is 1.42 bits per heavy atom. The third kappa shape index (κ3) is 4.88. The summed E-state index contributed by atoms with van der Waals surface area (Å²) in [6.07, 6.45) is 0.457. The van der Waals surface area contributed by atoms with E-state index in [-0.39, 0.29) is 11.6 Å². The molecule has 0 fully saturated rings. The fourth-order valence-corrected chi connectivity index (χ4v) is 2.04. The van der Waals surface area contributed by atoms with Crippen molar-refractivity contribution in [2.75, 3.05) is 20.2 Å². The molecule has 104 valence electrons. The zero-order chi connectivity index (χ0) is 14.3. The van der Waals surface area contributed by atoms with E-state index in [4.69, 9.17) is 10.00 Å². The summed E-state index contributed by atoms with van der Waals surface area (Å²) in [4.78, 5) is 2.10. The lowest BCUT2D eigenvalue weighted by molar-refractivity contribution is 0.237. The van der Waals surface area contributed by atoms with E-state index in [1.54, 1.807) is 18.2 Å². The SMILES string of the molecule is COc1cccc(CN(CCC#N)CC(C)C)c1F. The molecule has 0 bridgehead atoms. The Balaban J connectivity index is 2.80. The number of ether oxygens (including phenoxy) is 1. The zero-order valence-electron chi connectivity index (χ0n) is 11.8. The smallest absolute Gasteiger partial charge is 0.169 e. The fraction of sp³-hybridized carbons (Fsp3) is 0.533. The summed E-state index contributed by atoms with van der Waals surface area (Å²) in [5.74, 6) is 0.436. The van der Waals surface area contributed by atoms with Gasteiger partial charge >= 0.3 is 0 Å². The van der Waals surface area contributed by atoms with Gasteiger partial charge in [0.2, 0.25) is 0 Å². The molecule has 0 aliphatic carbocycles. The molecule has 3 nitrogen and oxygen atoms in total. The van der Waals surface area contributed by atoms with Gasteiger partial charge in [-0.05, 0) is 12.0 Å². The second kappa shape index (κ2) is 7.75. The lowest BCUT2D eigenvalue weighted by Gasteiger charge is -2.23. The summed E-state index contributed by atoms with van der Waals surface area (Å²) < 4.78 is 19.1. The normalized spacial score (nSPS) is 10.8. The van der Waals surface area contributed by atoms with Crippen molar-refractivity contribution in [3.05, 3.63) is 29.6 Å². The summed E-state index contributed by atoms with van der Waals surface area (Å²) in [7, 11) is 1.46. The number of benzene rings is 1. The third-order valence-electron chi connectivity index (χ3n) is 2.82. The first-order valence-corrected chi connectivity index (χ1v) is 6.49. The van der Waals surface area contributed by atoms with Gasteiger partial charge in [-0.2, -0.15) is 5.26 Å². The van der Waals surface area contributed by atoms with Crippen LogP contribution in [0.5, 0.6) is 5.75 Å². The van der Waals surface area contributed by atoms with Crippen LogP contribution >= 0.6 is 0 Å². The van der Waals surface area contributed by atoms with Gasteiger partial charge in [-0.25, -0.2) is 4.39 Å². The fourth-order valence-electron chi connectivity index (χ4n) is 2.04. The van der Waals surface area contributed by atoms with Crippen LogP contribution in [0.1, 0.15) is 25.8 Å². The van der Waals surface area contributed by atoms with Crippen molar-refractivity contribution >= 4 is 0 Å². The predicted octanol–water partition coefficient (Wildman–Crippen LogP) is 3.21. The Morgan fingerprint density at radius 2 is 2.16 bits per heavy atom. The minimum atomic E-state index is -0.310. The molecular weight excluding hydrogens is 243 g/mol. The van der Waals surface area contributed by atoms with Crippen LogP contribution in [0.2, 0.25) is 0 Å². The zero-order valence-corrected chi connectivity index (χ0v) is 11.8. The summed E-state index contributed by atoms with van der Waals surface area (Å²) in [5, 5.41) is 8.68. The molecule has 1 aromatic rings. The van der Waals surface area contributed by atoms with E-state index < -0.39 is 0 Å². The number of hydrogen-bond acceptors (Lipinski definition) is 3. The van der Waals surface area contributed by atoms with Crippen LogP contribution in [0.3, 0.4) is 0 Å². The van der Waals surface area contributed by atoms with Gasteiger partial charge < -0.3 is 4.74 Å². The van der Waals surface area contributed by atoms with E-state index in [2.05, 4.69) is 24.8 Å². The predicted molar refractivity (Wildman–Crippen MR) is 73.3 cm³/mol. The van der Waals surface area contributed by atoms with Gasteiger partial charge in [0.05, 0.1) is 13.2 Å². The Hall–Kier alpha value is -1.60. The molecule has 0 radical (unpaired) electrons. The molecule has 0 aliphatic heterocycles. The highest BCUT2D eigenvalue weighted by molar-refractivity contribution is 5.30. The maximum Gasteiger partial charge on any atom is 0.169 e. The van der Waals surface area contributed by atoms with Crippen LogP contribution in [-0.4, -0.2) is 25.1 Å². The van der Waals surface area contributed by atoms with Gasteiger partial charge in [0, 0.05) is 31.6 Å². The van der Waals surface area contributed by atoms with Gasteiger partial charge in [-0.15, -0.1) is 0 Å². The van der Waals surface area contributed by atoms with E-state index in [0.717, 1.165) is 6.54 Å². The van der Waals surface area contributed by atoms with Crippen LogP contribution in [0.15, 0.2) is 18.2 Å². The second-order valence-electron chi connectivity index (χ2n) is 4.97. The number of rotatable bonds is 7. The van der Waals surface area contributed by atoms with Crippen molar-refractivity contribution in [3.63, 3.8) is 0 Å². The van der Waals surface area contributed by atoms with Gasteiger partial charge in [0.15, 0.2) is 11.6 Å². The van der Waals surface area contributed by atoms with Crippen molar-refractivity contribution < 1.29 is 9.13 Å². The van der Waals surface area contributed by atoms with E-state index in [0.29, 0.717) is 31.0 Å². The number of halogens is 1. The molecule has 19 heavy (non-hydrogen) atoms. The number of nitriles is 1. The van der Waals surface area contributed by atoms with Crippen LogP contribution in [0, 0.1) is 23.1 Å². The average Bonchev–Trinajstić information content (AvgIpc) is 2.37. The molecule has 1 aromatic carbocycles. The summed E-state index contributed by atoms with van der Waals surface area (Å²) in [5.41, 5.74) is 0.609. The molecule has 0 spiro atoms. The molecule has 0 atom stereocenters. The van der Waals surface area contributed by atoms with E-state index in [1.807, 2.05) is 0 Å². The summed E-state index contributed by atoms with van der Waals surface area (Å²) in [6, 6.07) is 7.29. The molecule has 1 rings (SSSR count). The number of hydrogen-bond donors (Lipinski definition) is 0. The highest BCUT2D eigenvalue weighted by atomic mass is 19.1. The van der Waals surface area contributed by atoms with Crippen LogP contribution in [0.25, 0.3) is 0 Å². The quantitative estimate of drug-likeness (QED) is 0.758. The van der Waals surface area contributed by atoms with E-state index in [1.165, 1.54) is 7.11 Å². The monoisotopic (exact) mass is 264 g/mol. The Bertz CT molecular complexity index is 440. The molecule has 0 aliphatic rings. The Morgan fingerprint density at radius 3 is 2.74 bits per heavy atom. The molecule has 0 saturated heterocycles. The van der Waals surface area contributed by atoms with Gasteiger partial charge in [-0.1, -0.05) is 26.0 Å². The minimum absolute atomic E-state index is 0.266. The van der Waals surface area contributed by atoms with Crippen molar-refractivity contribution in [1.82, 2.24) is 4.90 Å². The summed E-state index contributed by atoms with van der Waals surface area (Å²) >= 11 is 0. The lowest BCUT2D eigenvalue weighted by Crippen LogP contribution is -2.28. The van der Waals surface area contributed by atoms with Gasteiger partial charge in [0.25, 0.3) is 0 Å². The number of nitrogens with zero attached hydrogens (tertiary/aromatic N) is 2. The maximum absolute atomic E-state index is 14.1. The van der Waals surface area contributed by atoms with Crippen LogP contribution in [0.4, 0.5) is 4.39 Å². The lowest BCUT2D eigenvalue weighted by atomic mass is 10.1. The van der Waals surface area contributed by atoms with Crippen molar-refractivity contribution in [2.24, 2.45) is 5.92 Å². The minimum Gasteiger partial charge on any atom is -0.494 e. The standard InChI is InChI=1S/C15H21FN2O/c1-12(2)10-18(9-5-8-17)11-13-6-4-7-14(19-3)15(13)16/h4,6-7,12H,5,9-11H2,1-3H3. The first kappa shape index (κ1) is 15.5. The Kier molecular flexibility index (Phi) is 6.31. The largest absolute Gasteiger partial charge is 0.494 e. The molecule has 0 heterocycles. The van der Waals surface area contributed by atoms with Crippen molar-refractivity contribution in [3.8, 4) is 11.8 Å². The maximum atomic E-state index is 14.1. The van der Waals surface area contributed by atoms with Crippen molar-refractivity contribution in [2.45, 2.75) is 26.8 Å². The van der Waals surface area contributed by atoms with Crippen LogP contribution in [-0.2, 0) is 6.54 Å². The first-order valence-electron chi connectivity index (χ1n) is 6.49. The molecule has 4 heteroatoms. The first-order chi connectivity index (χ1) is 9.08. The second-order valence-corrected chi connectivity index (χ2v) is 4.97. The molecule has 0 aromatic heterocycles. The number of methoxy groups -OCH3 is 1. The highest BCUT2D eigenvalue weighted by Gasteiger charge is 2.13. The topological polar surface area (TPSA) is 36.3 Å². The van der Waals surface area contributed by atoms with Gasteiger partial charge in [0.1, 0.15) is 0 Å².